The van der Waals surface area contributed by atoms with E-state index in [0.29, 0.717) is 18.1 Å². The summed E-state index contributed by atoms with van der Waals surface area (Å²) >= 11 is 0. The third-order valence-electron chi connectivity index (χ3n) is 3.24. The molecule has 1 atom stereocenters. The number of rotatable bonds is 3. The van der Waals surface area contributed by atoms with Gasteiger partial charge in [-0.05, 0) is 26.7 Å². The van der Waals surface area contributed by atoms with E-state index in [4.69, 9.17) is 10.3 Å². The van der Waals surface area contributed by atoms with Crippen molar-refractivity contribution in [3.63, 3.8) is 0 Å². The van der Waals surface area contributed by atoms with Crippen LogP contribution in [0.5, 0.6) is 0 Å². The van der Waals surface area contributed by atoms with E-state index in [1.54, 1.807) is 0 Å². The van der Waals surface area contributed by atoms with Crippen molar-refractivity contribution in [3.8, 4) is 0 Å². The lowest BCUT2D eigenvalue weighted by Gasteiger charge is -2.30. The van der Waals surface area contributed by atoms with Crippen molar-refractivity contribution in [1.29, 1.82) is 0 Å². The lowest BCUT2D eigenvalue weighted by Crippen LogP contribution is -2.40. The van der Waals surface area contributed by atoms with Gasteiger partial charge in [-0.1, -0.05) is 5.16 Å². The summed E-state index contributed by atoms with van der Waals surface area (Å²) in [6.07, 6.45) is 2.18. The zero-order valence-electron chi connectivity index (χ0n) is 10.9. The first-order chi connectivity index (χ1) is 8.56. The Bertz CT molecular complexity index is 408. The molecular formula is C12H20N4O2. The minimum Gasteiger partial charge on any atom is -0.343 e. The highest BCUT2D eigenvalue weighted by Gasteiger charge is 2.27. The first kappa shape index (κ1) is 13.0. The summed E-state index contributed by atoms with van der Waals surface area (Å²) in [6.45, 7) is 5.16. The molecule has 0 aliphatic carbocycles. The fraction of sp³-hybridized carbons (Fsp3) is 0.750. The average molecular weight is 252 g/mol. The summed E-state index contributed by atoms with van der Waals surface area (Å²) in [4.78, 5) is 18.0. The molecule has 0 bridgehead atoms. The molecule has 0 saturated carbocycles. The zero-order valence-corrected chi connectivity index (χ0v) is 10.9. The SMILES string of the molecule is Cc1noc(C2CCN(C(=O)CC(C)N)CC2)n1. The van der Waals surface area contributed by atoms with Gasteiger partial charge in [0.2, 0.25) is 11.8 Å². The van der Waals surface area contributed by atoms with E-state index in [9.17, 15) is 4.79 Å². The molecule has 1 saturated heterocycles. The van der Waals surface area contributed by atoms with Crippen LogP contribution in [0.25, 0.3) is 0 Å². The van der Waals surface area contributed by atoms with Crippen LogP contribution in [0.2, 0.25) is 0 Å². The molecule has 1 aromatic heterocycles. The number of aromatic nitrogens is 2. The molecular weight excluding hydrogens is 232 g/mol. The van der Waals surface area contributed by atoms with Gasteiger partial charge in [0.05, 0.1) is 0 Å². The van der Waals surface area contributed by atoms with Gasteiger partial charge in [-0.3, -0.25) is 4.79 Å². The van der Waals surface area contributed by atoms with Gasteiger partial charge in [-0.2, -0.15) is 4.98 Å². The number of aryl methyl sites for hydroxylation is 1. The molecule has 6 nitrogen and oxygen atoms in total. The van der Waals surface area contributed by atoms with E-state index >= 15 is 0 Å². The smallest absolute Gasteiger partial charge is 0.229 e. The van der Waals surface area contributed by atoms with Crippen LogP contribution in [0.1, 0.15) is 43.8 Å². The van der Waals surface area contributed by atoms with Crippen LogP contribution in [-0.4, -0.2) is 40.1 Å². The van der Waals surface area contributed by atoms with Crippen molar-refractivity contribution in [1.82, 2.24) is 15.0 Å². The Morgan fingerprint density at radius 3 is 2.72 bits per heavy atom. The maximum atomic E-state index is 11.9. The zero-order chi connectivity index (χ0) is 13.1. The van der Waals surface area contributed by atoms with E-state index in [-0.39, 0.29) is 17.9 Å². The van der Waals surface area contributed by atoms with Crippen molar-refractivity contribution in [2.24, 2.45) is 5.73 Å². The van der Waals surface area contributed by atoms with Crippen LogP contribution < -0.4 is 5.73 Å². The Morgan fingerprint density at radius 2 is 2.22 bits per heavy atom. The maximum absolute atomic E-state index is 11.9. The van der Waals surface area contributed by atoms with Crippen LogP contribution in [0.4, 0.5) is 0 Å². The Kier molecular flexibility index (Phi) is 3.96. The van der Waals surface area contributed by atoms with E-state index in [0.717, 1.165) is 25.9 Å². The first-order valence-corrected chi connectivity index (χ1v) is 6.40. The second kappa shape index (κ2) is 5.48. The Labute approximate surface area is 107 Å². The van der Waals surface area contributed by atoms with Crippen LogP contribution in [0.15, 0.2) is 4.52 Å². The Hall–Kier alpha value is -1.43. The van der Waals surface area contributed by atoms with Crippen molar-refractivity contribution < 1.29 is 9.32 Å². The van der Waals surface area contributed by atoms with Gasteiger partial charge in [0.15, 0.2) is 5.82 Å². The second-order valence-corrected chi connectivity index (χ2v) is 5.02. The highest BCUT2D eigenvalue weighted by atomic mass is 16.5. The first-order valence-electron chi connectivity index (χ1n) is 6.40. The lowest BCUT2D eigenvalue weighted by molar-refractivity contribution is -0.132. The van der Waals surface area contributed by atoms with Crippen molar-refractivity contribution in [3.05, 3.63) is 11.7 Å². The standard InChI is InChI=1S/C12H20N4O2/c1-8(13)7-11(17)16-5-3-10(4-6-16)12-14-9(2)15-18-12/h8,10H,3-7,13H2,1-2H3. The highest BCUT2D eigenvalue weighted by molar-refractivity contribution is 5.76. The minimum absolute atomic E-state index is 0.0752. The van der Waals surface area contributed by atoms with Crippen molar-refractivity contribution in [2.75, 3.05) is 13.1 Å². The second-order valence-electron chi connectivity index (χ2n) is 5.02. The van der Waals surface area contributed by atoms with E-state index in [1.165, 1.54) is 0 Å². The van der Waals surface area contributed by atoms with Crippen LogP contribution in [0, 0.1) is 6.92 Å². The van der Waals surface area contributed by atoms with Gasteiger partial charge >= 0.3 is 0 Å². The molecule has 1 unspecified atom stereocenters. The third-order valence-corrected chi connectivity index (χ3v) is 3.24. The van der Waals surface area contributed by atoms with Gasteiger partial charge in [0, 0.05) is 31.5 Å². The topological polar surface area (TPSA) is 85.2 Å². The van der Waals surface area contributed by atoms with Crippen molar-refractivity contribution >= 4 is 5.91 Å². The predicted octanol–water partition coefficient (Wildman–Crippen LogP) is 0.821. The molecule has 1 aliphatic rings. The molecule has 2 heterocycles. The molecule has 2 N–H and O–H groups in total. The quantitative estimate of drug-likeness (QED) is 0.860. The van der Waals surface area contributed by atoms with Gasteiger partial charge in [0.1, 0.15) is 0 Å². The Balaban J connectivity index is 1.86. The molecule has 100 valence electrons. The summed E-state index contributed by atoms with van der Waals surface area (Å²) in [5, 5.41) is 3.80. The summed E-state index contributed by atoms with van der Waals surface area (Å²) in [6, 6.07) is -0.0752. The summed E-state index contributed by atoms with van der Waals surface area (Å²) in [5.41, 5.74) is 5.64. The third kappa shape index (κ3) is 3.07. The summed E-state index contributed by atoms with van der Waals surface area (Å²) in [5.74, 6) is 1.79. The van der Waals surface area contributed by atoms with Gasteiger partial charge in [-0.15, -0.1) is 0 Å². The number of hydrogen-bond donors (Lipinski definition) is 1. The van der Waals surface area contributed by atoms with Crippen molar-refractivity contribution in [2.45, 2.75) is 45.1 Å². The highest BCUT2D eigenvalue weighted by Crippen LogP contribution is 2.26. The molecule has 1 fully saturated rings. The van der Waals surface area contributed by atoms with Gasteiger partial charge in [0.25, 0.3) is 0 Å². The molecule has 6 heteroatoms. The van der Waals surface area contributed by atoms with E-state index in [2.05, 4.69) is 10.1 Å². The number of carbonyl (C=O) groups is 1. The summed E-state index contributed by atoms with van der Waals surface area (Å²) < 4.78 is 5.18. The predicted molar refractivity (Wildman–Crippen MR) is 65.9 cm³/mol. The molecule has 2 rings (SSSR count). The molecule has 1 amide bonds. The fourth-order valence-electron chi connectivity index (χ4n) is 2.26. The largest absolute Gasteiger partial charge is 0.343 e. The number of nitrogens with zero attached hydrogens (tertiary/aromatic N) is 3. The summed E-state index contributed by atoms with van der Waals surface area (Å²) in [7, 11) is 0. The number of hydrogen-bond acceptors (Lipinski definition) is 5. The molecule has 18 heavy (non-hydrogen) atoms. The molecule has 0 aromatic carbocycles. The number of likely N-dealkylation sites (tertiary alicyclic amines) is 1. The Morgan fingerprint density at radius 1 is 1.56 bits per heavy atom. The van der Waals surface area contributed by atoms with Crippen LogP contribution >= 0.6 is 0 Å². The number of piperidine rings is 1. The van der Waals surface area contributed by atoms with Gasteiger partial charge < -0.3 is 15.2 Å². The van der Waals surface area contributed by atoms with Crippen LogP contribution in [-0.2, 0) is 4.79 Å². The van der Waals surface area contributed by atoms with E-state index in [1.807, 2.05) is 18.7 Å². The molecule has 1 aliphatic heterocycles. The molecule has 1 aromatic rings. The number of nitrogens with two attached hydrogens (primary N) is 1. The van der Waals surface area contributed by atoms with Crippen LogP contribution in [0.3, 0.4) is 0 Å². The van der Waals surface area contributed by atoms with E-state index < -0.39 is 0 Å². The monoisotopic (exact) mass is 252 g/mol. The minimum atomic E-state index is -0.0752. The molecule has 0 radical (unpaired) electrons. The number of amides is 1. The maximum Gasteiger partial charge on any atom is 0.229 e. The average Bonchev–Trinajstić information content (AvgIpc) is 2.75. The normalized spacial score (nSPS) is 18.9. The number of carbonyl (C=O) groups excluding carboxylic acids is 1. The molecule has 0 spiro atoms. The lowest BCUT2D eigenvalue weighted by atomic mass is 9.96. The van der Waals surface area contributed by atoms with Gasteiger partial charge in [-0.25, -0.2) is 0 Å². The fourth-order valence-corrected chi connectivity index (χ4v) is 2.26.